The van der Waals surface area contributed by atoms with E-state index < -0.39 is 43.1 Å². The van der Waals surface area contributed by atoms with Gasteiger partial charge in [-0.05, 0) is 69.9 Å². The van der Waals surface area contributed by atoms with Crippen LogP contribution in [0.1, 0.15) is 25.7 Å². The third kappa shape index (κ3) is 9.60. The molecule has 20 heteroatoms. The summed E-state index contributed by atoms with van der Waals surface area (Å²) >= 11 is 13.0. The summed E-state index contributed by atoms with van der Waals surface area (Å²) < 4.78 is 69.9. The van der Waals surface area contributed by atoms with Crippen LogP contribution in [0.4, 0.5) is 22.7 Å². The molecule has 6 heterocycles. The first kappa shape index (κ1) is 42.1. The van der Waals surface area contributed by atoms with Crippen molar-refractivity contribution in [2.45, 2.75) is 36.9 Å². The van der Waals surface area contributed by atoms with E-state index in [1.54, 1.807) is 0 Å². The highest BCUT2D eigenvalue weighted by molar-refractivity contribution is 7.92. The number of benzene rings is 2. The lowest BCUT2D eigenvalue weighted by molar-refractivity contribution is -0.174. The number of aliphatic hydroxyl groups is 1. The van der Waals surface area contributed by atoms with Crippen molar-refractivity contribution in [2.24, 2.45) is 11.8 Å². The molecule has 308 valence electrons. The average molecular weight is 860 g/mol. The molecule has 6 aliphatic rings. The molecule has 6 saturated heterocycles. The molecule has 0 spiro atoms. The Bertz CT molecular complexity index is 2090. The van der Waals surface area contributed by atoms with Gasteiger partial charge in [0.15, 0.2) is 0 Å². The van der Waals surface area contributed by atoms with Crippen molar-refractivity contribution in [1.29, 1.82) is 0 Å². The minimum absolute atomic E-state index is 0.00590. The molecule has 2 atom stereocenters. The molecule has 0 aromatic heterocycles. The van der Waals surface area contributed by atoms with Gasteiger partial charge in [0.25, 0.3) is 5.91 Å². The summed E-state index contributed by atoms with van der Waals surface area (Å²) in [5.74, 6) is -1.07. The zero-order chi connectivity index (χ0) is 40.6. The highest BCUT2D eigenvalue weighted by atomic mass is 35.5. The van der Waals surface area contributed by atoms with Crippen molar-refractivity contribution in [3.63, 3.8) is 0 Å². The van der Waals surface area contributed by atoms with Crippen LogP contribution in [0.3, 0.4) is 0 Å². The fourth-order valence-corrected chi connectivity index (χ4v) is 10.1. The van der Waals surface area contributed by atoms with Crippen molar-refractivity contribution in [3.8, 4) is 11.5 Å². The number of nitrogens with one attached hydrogen (secondary N) is 3. The van der Waals surface area contributed by atoms with E-state index in [4.69, 9.17) is 37.4 Å². The summed E-state index contributed by atoms with van der Waals surface area (Å²) in [5, 5.41) is 15.4. The number of hydrogen-bond donors (Lipinski definition) is 4. The lowest BCUT2D eigenvalue weighted by Gasteiger charge is -2.52. The van der Waals surface area contributed by atoms with Gasteiger partial charge in [0.05, 0.1) is 78.2 Å². The van der Waals surface area contributed by atoms with Crippen LogP contribution in [0.25, 0.3) is 0 Å². The number of fused-ring (bicyclic) bond motifs is 6. The summed E-state index contributed by atoms with van der Waals surface area (Å²) in [6.45, 7) is 4.17. The Kier molecular flexibility index (Phi) is 12.3. The molecule has 2 unspecified atom stereocenters. The van der Waals surface area contributed by atoms with Crippen molar-refractivity contribution in [1.82, 2.24) is 9.80 Å². The Morgan fingerprint density at radius 3 is 1.86 bits per heavy atom. The number of hydrogen-bond acceptors (Lipinski definition) is 13. The second-order valence-corrected chi connectivity index (χ2v) is 19.4. The van der Waals surface area contributed by atoms with Crippen LogP contribution >= 0.6 is 23.2 Å². The number of carbonyl (C=O) groups excluding carboxylic acids is 2. The first-order chi connectivity index (χ1) is 26.3. The molecule has 56 heavy (non-hydrogen) atoms. The number of methoxy groups -OCH3 is 2. The fourth-order valence-electron chi connectivity index (χ4n) is 8.40. The van der Waals surface area contributed by atoms with Gasteiger partial charge in [-0.3, -0.25) is 19.1 Å². The molecule has 0 saturated carbocycles. The second-order valence-electron chi connectivity index (χ2n) is 15.1. The maximum atomic E-state index is 14.2. The maximum Gasteiger partial charge on any atom is 0.331 e. The van der Waals surface area contributed by atoms with Crippen molar-refractivity contribution in [3.05, 3.63) is 46.5 Å². The van der Waals surface area contributed by atoms with Crippen molar-refractivity contribution in [2.75, 3.05) is 98.8 Å². The summed E-state index contributed by atoms with van der Waals surface area (Å²) in [7, 11) is -4.52. The van der Waals surface area contributed by atoms with E-state index in [0.29, 0.717) is 24.5 Å². The van der Waals surface area contributed by atoms with Crippen molar-refractivity contribution < 1.29 is 45.7 Å². The van der Waals surface area contributed by atoms with Crippen LogP contribution in [0.15, 0.2) is 36.4 Å². The standard InChI is InChI=1S/C36H48Cl2N6O10S2/c1-52-31-17-27(40-55(3,48)49)25(37)15-29(31)39-19-36(22-43-13-9-24(36)10-14-43)54-34(46)6-5-33(45)44(21-35(47)20-42-11-7-23(35)8-12-42)30-16-26(38)28(18-32(30)53-2)41-56(4,50)51/h5-6,15-18,23-24,39-41,47H,7-14,19-22H2,1-4H3/b6-5+. The number of ether oxygens (including phenoxy) is 3. The van der Waals surface area contributed by atoms with Gasteiger partial charge in [0, 0.05) is 43.3 Å². The van der Waals surface area contributed by atoms with E-state index in [-0.39, 0.29) is 57.8 Å². The topological polar surface area (TPSA) is 196 Å². The molecular formula is C36H48Cl2N6O10S2. The molecule has 6 fully saturated rings. The van der Waals surface area contributed by atoms with Crippen LogP contribution in [0.2, 0.25) is 10.0 Å². The van der Waals surface area contributed by atoms with E-state index in [2.05, 4.69) is 24.6 Å². The van der Waals surface area contributed by atoms with E-state index >= 15 is 0 Å². The first-order valence-electron chi connectivity index (χ1n) is 18.1. The molecule has 0 radical (unpaired) electrons. The molecule has 4 N–H and O–H groups in total. The summed E-state index contributed by atoms with van der Waals surface area (Å²) in [6, 6.07) is 5.75. The number of piperidine rings is 6. The predicted octanol–water partition coefficient (Wildman–Crippen LogP) is 3.22. The van der Waals surface area contributed by atoms with Gasteiger partial charge < -0.3 is 34.4 Å². The van der Waals surface area contributed by atoms with Gasteiger partial charge >= 0.3 is 5.97 Å². The van der Waals surface area contributed by atoms with Crippen LogP contribution in [-0.4, -0.2) is 134 Å². The number of nitrogens with zero attached hydrogens (tertiary/aromatic N) is 3. The van der Waals surface area contributed by atoms with Gasteiger partial charge in [-0.2, -0.15) is 0 Å². The monoisotopic (exact) mass is 858 g/mol. The molecule has 2 aromatic carbocycles. The molecule has 4 bridgehead atoms. The SMILES string of the molecule is COc1cc(NS(C)(=O)=O)c(Cl)cc1NCC1(OC(=O)/C=C/C(=O)N(CC2(O)CN3CCC2CC3)c2cc(Cl)c(NS(C)(=O)=O)cc2OC)CN2CCC1CC2. The quantitative estimate of drug-likeness (QED) is 0.151. The largest absolute Gasteiger partial charge is 0.495 e. The van der Waals surface area contributed by atoms with Crippen LogP contribution in [0.5, 0.6) is 11.5 Å². The van der Waals surface area contributed by atoms with Gasteiger partial charge in [-0.1, -0.05) is 23.2 Å². The third-order valence-electron chi connectivity index (χ3n) is 11.0. The van der Waals surface area contributed by atoms with Gasteiger partial charge in [-0.15, -0.1) is 0 Å². The molecule has 1 amide bonds. The van der Waals surface area contributed by atoms with E-state index in [9.17, 15) is 31.5 Å². The Balaban J connectivity index is 1.26. The highest BCUT2D eigenvalue weighted by Gasteiger charge is 2.50. The summed E-state index contributed by atoms with van der Waals surface area (Å²) in [5.41, 5.74) is -1.47. The molecule has 16 nitrogen and oxygen atoms in total. The number of halogens is 2. The van der Waals surface area contributed by atoms with E-state index in [0.717, 1.165) is 76.5 Å². The lowest BCUT2D eigenvalue weighted by atomic mass is 9.75. The van der Waals surface area contributed by atoms with Crippen LogP contribution in [0, 0.1) is 11.8 Å². The Hall–Kier alpha value is -3.52. The van der Waals surface area contributed by atoms with E-state index in [1.807, 2.05) is 0 Å². The summed E-state index contributed by atoms with van der Waals surface area (Å²) in [4.78, 5) is 33.6. The molecule has 8 rings (SSSR count). The smallest absolute Gasteiger partial charge is 0.331 e. The zero-order valence-corrected chi connectivity index (χ0v) is 34.8. The minimum Gasteiger partial charge on any atom is -0.495 e. The van der Waals surface area contributed by atoms with Gasteiger partial charge in [0.2, 0.25) is 20.0 Å². The Morgan fingerprint density at radius 1 is 0.821 bits per heavy atom. The molecular weight excluding hydrogens is 811 g/mol. The minimum atomic E-state index is -3.71. The van der Waals surface area contributed by atoms with Gasteiger partial charge in [0.1, 0.15) is 17.1 Å². The van der Waals surface area contributed by atoms with E-state index in [1.165, 1.54) is 43.4 Å². The molecule has 0 aliphatic carbocycles. The average Bonchev–Trinajstić information content (AvgIpc) is 3.13. The fraction of sp³-hybridized carbons (Fsp3) is 0.556. The van der Waals surface area contributed by atoms with Crippen molar-refractivity contribution >= 4 is 77.9 Å². The Morgan fingerprint density at radius 2 is 1.36 bits per heavy atom. The predicted molar refractivity (Wildman–Crippen MR) is 215 cm³/mol. The third-order valence-corrected chi connectivity index (χ3v) is 12.9. The first-order valence-corrected chi connectivity index (χ1v) is 22.7. The van der Waals surface area contributed by atoms with Gasteiger partial charge in [-0.25, -0.2) is 21.6 Å². The Labute approximate surface area is 337 Å². The number of rotatable bonds is 15. The number of esters is 1. The number of anilines is 4. The highest BCUT2D eigenvalue weighted by Crippen LogP contribution is 2.43. The molecule has 6 aliphatic heterocycles. The van der Waals surface area contributed by atoms with Crippen LogP contribution < -0.4 is 29.1 Å². The van der Waals surface area contributed by atoms with Crippen LogP contribution in [-0.2, 0) is 34.4 Å². The maximum absolute atomic E-state index is 14.2. The molecule has 2 aromatic rings. The second kappa shape index (κ2) is 16.4. The number of carbonyl (C=O) groups is 2. The lowest BCUT2D eigenvalue weighted by Crippen LogP contribution is -2.64. The number of sulfonamides is 2. The number of amides is 1. The summed E-state index contributed by atoms with van der Waals surface area (Å²) in [6.07, 6.45) is 7.21. The normalized spacial score (nSPS) is 27.1. The zero-order valence-electron chi connectivity index (χ0n) is 31.6.